The van der Waals surface area contributed by atoms with Gasteiger partial charge in [-0.2, -0.15) is 0 Å². The first-order chi connectivity index (χ1) is 13.8. The quantitative estimate of drug-likeness (QED) is 0.549. The van der Waals surface area contributed by atoms with Crippen LogP contribution in [0.3, 0.4) is 0 Å². The van der Waals surface area contributed by atoms with E-state index in [1.807, 2.05) is 9.71 Å². The molecule has 0 amide bonds. The molecule has 2 aliphatic heterocycles. The van der Waals surface area contributed by atoms with E-state index in [2.05, 4.69) is 0 Å². The molecule has 0 unspecified atom stereocenters. The number of halogens is 4. The molecule has 2 aliphatic rings. The summed E-state index contributed by atoms with van der Waals surface area (Å²) in [6.07, 6.45) is 0. The molecule has 4 rings (SSSR count). The molecule has 5 nitrogen and oxygen atoms in total. The molecule has 1 fully saturated rings. The van der Waals surface area contributed by atoms with E-state index in [1.54, 1.807) is 6.82 Å². The van der Waals surface area contributed by atoms with Crippen LogP contribution in [0.4, 0.5) is 8.78 Å². The van der Waals surface area contributed by atoms with Gasteiger partial charge >= 0.3 is 7.05 Å². The molecule has 0 aliphatic carbocycles. The minimum atomic E-state index is -1.18. The summed E-state index contributed by atoms with van der Waals surface area (Å²) in [5.41, 5.74) is -0.364. The molecule has 0 radical (unpaired) electrons. The standard InChI is InChI=1S/C19H19BCl2F2N2O3/c1-20(28)26-6-5-25-8-11-17(23)18(24)15(14-12(21)3-2-4-13(14)27)16(22)19(11)29-9-10(25)7-26/h2-4,10,27-28H,5-9H2,1H3/t10-/m1/s1. The highest BCUT2D eigenvalue weighted by Gasteiger charge is 2.37. The fraction of sp³-hybridized carbons (Fsp3) is 0.368. The number of hydrogen-bond donors (Lipinski definition) is 2. The van der Waals surface area contributed by atoms with Crippen LogP contribution < -0.4 is 4.74 Å². The summed E-state index contributed by atoms with van der Waals surface area (Å²) >= 11 is 12.6. The molecular weight excluding hydrogens is 424 g/mol. The van der Waals surface area contributed by atoms with Crippen LogP contribution in [0.25, 0.3) is 11.1 Å². The Morgan fingerprint density at radius 1 is 1.17 bits per heavy atom. The van der Waals surface area contributed by atoms with Gasteiger partial charge in [-0.3, -0.25) is 4.90 Å². The Morgan fingerprint density at radius 3 is 2.62 bits per heavy atom. The highest BCUT2D eigenvalue weighted by atomic mass is 35.5. The van der Waals surface area contributed by atoms with Crippen molar-refractivity contribution in [3.05, 3.63) is 45.4 Å². The molecule has 2 aromatic carbocycles. The molecule has 1 atom stereocenters. The number of aromatic hydroxyl groups is 1. The molecule has 10 heteroatoms. The van der Waals surface area contributed by atoms with Gasteiger partial charge in [-0.1, -0.05) is 29.3 Å². The maximum atomic E-state index is 15.1. The van der Waals surface area contributed by atoms with Crippen LogP contribution in [0.2, 0.25) is 16.9 Å². The molecular formula is C19H19BCl2F2N2O3. The van der Waals surface area contributed by atoms with Crippen LogP contribution in [0, 0.1) is 11.6 Å². The third-order valence-corrected chi connectivity index (χ3v) is 6.23. The topological polar surface area (TPSA) is 56.2 Å². The van der Waals surface area contributed by atoms with Crippen LogP contribution in [0.5, 0.6) is 11.5 Å². The summed E-state index contributed by atoms with van der Waals surface area (Å²) in [4.78, 5) is 3.89. The van der Waals surface area contributed by atoms with E-state index in [1.165, 1.54) is 18.2 Å². The van der Waals surface area contributed by atoms with Gasteiger partial charge in [-0.05, 0) is 19.0 Å². The van der Waals surface area contributed by atoms with Crippen molar-refractivity contribution in [3.63, 3.8) is 0 Å². The number of phenolic OH excluding ortho intramolecular Hbond substituents is 1. The lowest BCUT2D eigenvalue weighted by Crippen LogP contribution is -2.57. The van der Waals surface area contributed by atoms with E-state index >= 15 is 8.78 Å². The van der Waals surface area contributed by atoms with Crippen molar-refractivity contribution in [2.75, 3.05) is 26.2 Å². The summed E-state index contributed by atoms with van der Waals surface area (Å²) < 4.78 is 36.0. The molecule has 0 bridgehead atoms. The minimum Gasteiger partial charge on any atom is -0.507 e. The minimum absolute atomic E-state index is 0.0378. The number of piperazine rings is 1. The fourth-order valence-corrected chi connectivity index (χ4v) is 4.57. The van der Waals surface area contributed by atoms with Gasteiger partial charge in [0.1, 0.15) is 18.1 Å². The number of nitrogens with zero attached hydrogens (tertiary/aromatic N) is 2. The highest BCUT2D eigenvalue weighted by molar-refractivity contribution is 6.45. The molecule has 2 N–H and O–H groups in total. The zero-order valence-corrected chi connectivity index (χ0v) is 17.1. The predicted octanol–water partition coefficient (Wildman–Crippen LogP) is 3.63. The van der Waals surface area contributed by atoms with Gasteiger partial charge < -0.3 is 19.7 Å². The summed E-state index contributed by atoms with van der Waals surface area (Å²) in [5, 5.41) is 19.9. The monoisotopic (exact) mass is 442 g/mol. The summed E-state index contributed by atoms with van der Waals surface area (Å²) in [7, 11) is -0.602. The van der Waals surface area contributed by atoms with Gasteiger partial charge in [0.2, 0.25) is 0 Å². The van der Waals surface area contributed by atoms with Crippen molar-refractivity contribution in [2.24, 2.45) is 0 Å². The van der Waals surface area contributed by atoms with E-state index in [4.69, 9.17) is 27.9 Å². The van der Waals surface area contributed by atoms with Crippen molar-refractivity contribution in [2.45, 2.75) is 19.4 Å². The second-order valence-electron chi connectivity index (χ2n) is 7.32. The molecule has 1 saturated heterocycles. The summed E-state index contributed by atoms with van der Waals surface area (Å²) in [5.74, 6) is -2.51. The van der Waals surface area contributed by atoms with Crippen molar-refractivity contribution in [1.29, 1.82) is 0 Å². The average Bonchev–Trinajstić information content (AvgIpc) is 2.87. The Balaban J connectivity index is 1.79. The Hall–Kier alpha value is -1.58. The highest BCUT2D eigenvalue weighted by Crippen LogP contribution is 2.48. The first kappa shape index (κ1) is 20.7. The zero-order chi connectivity index (χ0) is 20.9. The predicted molar refractivity (Wildman–Crippen MR) is 109 cm³/mol. The van der Waals surface area contributed by atoms with Gasteiger partial charge in [0, 0.05) is 42.9 Å². The van der Waals surface area contributed by atoms with Crippen molar-refractivity contribution in [3.8, 4) is 22.6 Å². The number of rotatable bonds is 2. The molecule has 0 saturated carbocycles. The number of fused-ring (bicyclic) bond motifs is 2. The largest absolute Gasteiger partial charge is 0.507 e. The van der Waals surface area contributed by atoms with Crippen LogP contribution in [0.1, 0.15) is 5.56 Å². The maximum absolute atomic E-state index is 15.1. The van der Waals surface area contributed by atoms with E-state index < -0.39 is 18.7 Å². The fourth-order valence-electron chi connectivity index (χ4n) is 3.96. The molecule has 2 aromatic rings. The number of phenols is 1. The second-order valence-corrected chi connectivity index (χ2v) is 8.11. The maximum Gasteiger partial charge on any atom is 0.376 e. The van der Waals surface area contributed by atoms with Crippen LogP contribution >= 0.6 is 23.2 Å². The Labute approximate surface area is 177 Å². The SMILES string of the molecule is CB(O)N1CCN2Cc3c(F)c(F)c(-c4c(O)cccc4Cl)c(Cl)c3OC[C@H]2C1. The lowest BCUT2D eigenvalue weighted by Gasteiger charge is -2.40. The first-order valence-corrected chi connectivity index (χ1v) is 10.0. The van der Waals surface area contributed by atoms with Crippen molar-refractivity contribution >= 4 is 30.3 Å². The van der Waals surface area contributed by atoms with E-state index in [9.17, 15) is 10.1 Å². The second kappa shape index (κ2) is 7.93. The number of ether oxygens (including phenoxy) is 1. The van der Waals surface area contributed by atoms with Crippen molar-refractivity contribution in [1.82, 2.24) is 9.71 Å². The Kier molecular flexibility index (Phi) is 5.65. The summed E-state index contributed by atoms with van der Waals surface area (Å²) in [6.45, 7) is 3.73. The summed E-state index contributed by atoms with van der Waals surface area (Å²) in [6, 6.07) is 4.17. The Bertz CT molecular complexity index is 944. The lowest BCUT2D eigenvalue weighted by atomic mass is 9.83. The molecule has 29 heavy (non-hydrogen) atoms. The number of benzene rings is 2. The molecule has 0 aromatic heterocycles. The van der Waals surface area contributed by atoms with Gasteiger partial charge in [-0.25, -0.2) is 8.78 Å². The zero-order valence-electron chi connectivity index (χ0n) is 15.6. The third-order valence-electron chi connectivity index (χ3n) is 5.56. The van der Waals surface area contributed by atoms with E-state index in [0.717, 1.165) is 0 Å². The molecule has 154 valence electrons. The van der Waals surface area contributed by atoms with Gasteiger partial charge in [0.15, 0.2) is 11.6 Å². The molecule has 0 spiro atoms. The third kappa shape index (κ3) is 3.57. The molecule has 2 heterocycles. The van der Waals surface area contributed by atoms with Crippen LogP contribution in [-0.2, 0) is 6.54 Å². The van der Waals surface area contributed by atoms with E-state index in [0.29, 0.717) is 19.6 Å². The Morgan fingerprint density at radius 2 is 1.93 bits per heavy atom. The smallest absolute Gasteiger partial charge is 0.376 e. The first-order valence-electron chi connectivity index (χ1n) is 9.25. The normalized spacial score (nSPS) is 19.9. The van der Waals surface area contributed by atoms with Crippen LogP contribution in [0.15, 0.2) is 18.2 Å². The van der Waals surface area contributed by atoms with Gasteiger partial charge in [0.05, 0.1) is 16.1 Å². The van der Waals surface area contributed by atoms with Gasteiger partial charge in [-0.15, -0.1) is 0 Å². The lowest BCUT2D eigenvalue weighted by molar-refractivity contribution is 0.0783. The van der Waals surface area contributed by atoms with Gasteiger partial charge in [0.25, 0.3) is 0 Å². The number of hydrogen-bond acceptors (Lipinski definition) is 5. The van der Waals surface area contributed by atoms with Crippen molar-refractivity contribution < 1.29 is 23.6 Å². The average molecular weight is 443 g/mol. The van der Waals surface area contributed by atoms with E-state index in [-0.39, 0.29) is 57.4 Å². The van der Waals surface area contributed by atoms with Crippen LogP contribution in [-0.4, -0.2) is 59.2 Å².